The van der Waals surface area contributed by atoms with Crippen LogP contribution >= 0.6 is 11.3 Å². The number of nitrogens with zero attached hydrogens (tertiary/aromatic N) is 2. The maximum Gasteiger partial charge on any atom is 0.347 e. The van der Waals surface area contributed by atoms with Crippen LogP contribution in [-0.4, -0.2) is 21.2 Å². The normalized spacial score (nSPS) is 10.7. The van der Waals surface area contributed by atoms with Crippen LogP contribution in [-0.2, 0) is 0 Å². The fourth-order valence-electron chi connectivity index (χ4n) is 1.49. The van der Waals surface area contributed by atoms with Gasteiger partial charge < -0.3 is 9.63 Å². The summed E-state index contributed by atoms with van der Waals surface area (Å²) >= 11 is 1.14. The van der Waals surface area contributed by atoms with Gasteiger partial charge in [0.05, 0.1) is 17.0 Å². The molecule has 5 nitrogen and oxygen atoms in total. The Balaban J connectivity index is 2.58. The van der Waals surface area contributed by atoms with Crippen molar-refractivity contribution < 1.29 is 14.4 Å². The molecule has 0 radical (unpaired) electrons. The molecule has 1 N–H and O–H groups in total. The van der Waals surface area contributed by atoms with Crippen LogP contribution in [0, 0.1) is 20.8 Å². The Bertz CT molecular complexity index is 537. The molecular weight excluding hydrogens is 228 g/mol. The minimum absolute atomic E-state index is 0.259. The van der Waals surface area contributed by atoms with Gasteiger partial charge in [0.25, 0.3) is 0 Å². The second-order valence-corrected chi connectivity index (χ2v) is 4.44. The van der Waals surface area contributed by atoms with Crippen molar-refractivity contribution in [3.8, 4) is 10.6 Å². The number of carbonyl (C=O) groups is 1. The van der Waals surface area contributed by atoms with Gasteiger partial charge in [0.15, 0.2) is 0 Å². The molecular formula is C10H10N2O3S. The summed E-state index contributed by atoms with van der Waals surface area (Å²) in [6.07, 6.45) is 0. The number of hydrogen-bond acceptors (Lipinski definition) is 5. The van der Waals surface area contributed by atoms with Crippen LogP contribution in [0.3, 0.4) is 0 Å². The zero-order chi connectivity index (χ0) is 11.9. The van der Waals surface area contributed by atoms with Gasteiger partial charge in [-0.05, 0) is 20.8 Å². The van der Waals surface area contributed by atoms with E-state index < -0.39 is 5.97 Å². The fourth-order valence-corrected chi connectivity index (χ4v) is 2.54. The van der Waals surface area contributed by atoms with Crippen LogP contribution in [0.1, 0.15) is 26.8 Å². The summed E-state index contributed by atoms with van der Waals surface area (Å²) in [5.41, 5.74) is 2.04. The Hall–Kier alpha value is -1.69. The first-order valence-electron chi connectivity index (χ1n) is 4.64. The Morgan fingerprint density at radius 2 is 2.00 bits per heavy atom. The third-order valence-electron chi connectivity index (χ3n) is 2.24. The molecule has 2 heterocycles. The lowest BCUT2D eigenvalue weighted by atomic mass is 10.2. The maximum absolute atomic E-state index is 10.9. The molecule has 0 spiro atoms. The van der Waals surface area contributed by atoms with Gasteiger partial charge in [-0.15, -0.1) is 11.3 Å². The smallest absolute Gasteiger partial charge is 0.347 e. The van der Waals surface area contributed by atoms with E-state index in [1.54, 1.807) is 13.8 Å². The molecule has 0 fully saturated rings. The summed E-state index contributed by atoms with van der Waals surface area (Å²) in [7, 11) is 0. The lowest BCUT2D eigenvalue weighted by Crippen LogP contribution is -1.94. The Morgan fingerprint density at radius 3 is 2.44 bits per heavy atom. The summed E-state index contributed by atoms with van der Waals surface area (Å²) in [6.45, 7) is 5.27. The number of rotatable bonds is 2. The minimum atomic E-state index is -0.951. The second-order valence-electron chi connectivity index (χ2n) is 3.44. The van der Waals surface area contributed by atoms with E-state index in [2.05, 4.69) is 10.1 Å². The first-order chi connectivity index (χ1) is 7.50. The predicted molar refractivity (Wildman–Crippen MR) is 58.8 cm³/mol. The molecule has 6 heteroatoms. The number of aromatic carboxylic acids is 1. The molecule has 0 aromatic carbocycles. The van der Waals surface area contributed by atoms with Gasteiger partial charge in [-0.25, -0.2) is 9.78 Å². The highest BCUT2D eigenvalue weighted by Crippen LogP contribution is 2.32. The molecule has 0 aliphatic carbocycles. The second kappa shape index (κ2) is 3.71. The fraction of sp³-hybridized carbons (Fsp3) is 0.300. The number of carboxylic acids is 1. The van der Waals surface area contributed by atoms with Gasteiger partial charge in [-0.3, -0.25) is 0 Å². The summed E-state index contributed by atoms with van der Waals surface area (Å²) in [4.78, 5) is 15.4. The average molecular weight is 238 g/mol. The predicted octanol–water partition coefficient (Wildman–Crippen LogP) is 2.42. The molecule has 0 bridgehead atoms. The molecule has 16 heavy (non-hydrogen) atoms. The lowest BCUT2D eigenvalue weighted by molar-refractivity contribution is 0.0701. The van der Waals surface area contributed by atoms with Gasteiger partial charge in [0.2, 0.25) is 0 Å². The number of thiazole rings is 1. The van der Waals surface area contributed by atoms with Crippen LogP contribution in [0.5, 0.6) is 0 Å². The number of hydrogen-bond donors (Lipinski definition) is 1. The summed E-state index contributed by atoms with van der Waals surface area (Å²) < 4.78 is 5.03. The molecule has 0 amide bonds. The van der Waals surface area contributed by atoms with Crippen molar-refractivity contribution in [2.45, 2.75) is 20.8 Å². The number of carboxylic acid groups (broad SMARTS) is 1. The van der Waals surface area contributed by atoms with Gasteiger partial charge in [0, 0.05) is 0 Å². The molecule has 0 aliphatic heterocycles. The van der Waals surface area contributed by atoms with E-state index >= 15 is 0 Å². The van der Waals surface area contributed by atoms with Crippen molar-refractivity contribution in [3.63, 3.8) is 0 Å². The molecule has 84 valence electrons. The Kier molecular flexibility index (Phi) is 2.51. The molecule has 2 rings (SSSR count). The highest BCUT2D eigenvalue weighted by molar-refractivity contribution is 7.17. The van der Waals surface area contributed by atoms with E-state index in [0.29, 0.717) is 16.5 Å². The van der Waals surface area contributed by atoms with E-state index in [1.807, 2.05) is 6.92 Å². The quantitative estimate of drug-likeness (QED) is 0.869. The molecule has 0 saturated heterocycles. The molecule has 0 atom stereocenters. The topological polar surface area (TPSA) is 76.2 Å². The van der Waals surface area contributed by atoms with Gasteiger partial charge in [-0.1, -0.05) is 5.16 Å². The standard InChI is InChI=1S/C10H10N2O3S/c1-4-7(6(3)15-12-4)9-11-5(2)8(16-9)10(13)14/h1-3H3,(H,13,14). The van der Waals surface area contributed by atoms with E-state index in [0.717, 1.165) is 22.6 Å². The first kappa shape index (κ1) is 10.8. The van der Waals surface area contributed by atoms with Crippen molar-refractivity contribution in [3.05, 3.63) is 22.0 Å². The van der Waals surface area contributed by atoms with Crippen LogP contribution < -0.4 is 0 Å². The molecule has 0 saturated carbocycles. The van der Waals surface area contributed by atoms with E-state index in [-0.39, 0.29) is 4.88 Å². The largest absolute Gasteiger partial charge is 0.477 e. The van der Waals surface area contributed by atoms with Crippen LogP contribution in [0.2, 0.25) is 0 Å². The van der Waals surface area contributed by atoms with E-state index in [4.69, 9.17) is 9.63 Å². The number of aromatic nitrogens is 2. The van der Waals surface area contributed by atoms with Crippen molar-refractivity contribution in [1.82, 2.24) is 10.1 Å². The van der Waals surface area contributed by atoms with Crippen LogP contribution in [0.4, 0.5) is 0 Å². The summed E-state index contributed by atoms with van der Waals surface area (Å²) in [5.74, 6) is -0.295. The third-order valence-corrected chi connectivity index (χ3v) is 3.40. The van der Waals surface area contributed by atoms with Crippen molar-refractivity contribution in [2.24, 2.45) is 0 Å². The summed E-state index contributed by atoms with van der Waals surface area (Å²) in [6, 6.07) is 0. The third kappa shape index (κ3) is 1.61. The maximum atomic E-state index is 10.9. The molecule has 2 aromatic rings. The molecule has 0 aliphatic rings. The van der Waals surface area contributed by atoms with Crippen molar-refractivity contribution in [1.29, 1.82) is 0 Å². The monoisotopic (exact) mass is 238 g/mol. The van der Waals surface area contributed by atoms with Gasteiger partial charge in [-0.2, -0.15) is 0 Å². The Morgan fingerprint density at radius 1 is 1.31 bits per heavy atom. The SMILES string of the molecule is Cc1nc(-c2c(C)noc2C)sc1C(=O)O. The highest BCUT2D eigenvalue weighted by Gasteiger charge is 2.19. The van der Waals surface area contributed by atoms with Gasteiger partial charge in [0.1, 0.15) is 15.6 Å². The van der Waals surface area contributed by atoms with E-state index in [1.165, 1.54) is 0 Å². The summed E-state index contributed by atoms with van der Waals surface area (Å²) in [5, 5.41) is 13.4. The van der Waals surface area contributed by atoms with Crippen LogP contribution in [0.25, 0.3) is 10.6 Å². The Labute approximate surface area is 95.7 Å². The zero-order valence-electron chi connectivity index (χ0n) is 9.07. The van der Waals surface area contributed by atoms with Gasteiger partial charge >= 0.3 is 5.97 Å². The lowest BCUT2D eigenvalue weighted by Gasteiger charge is -1.91. The van der Waals surface area contributed by atoms with Crippen molar-refractivity contribution >= 4 is 17.3 Å². The first-order valence-corrected chi connectivity index (χ1v) is 5.46. The number of aryl methyl sites for hydroxylation is 3. The molecule has 2 aromatic heterocycles. The average Bonchev–Trinajstić information content (AvgIpc) is 2.70. The highest BCUT2D eigenvalue weighted by atomic mass is 32.1. The van der Waals surface area contributed by atoms with Crippen molar-refractivity contribution in [2.75, 3.05) is 0 Å². The minimum Gasteiger partial charge on any atom is -0.477 e. The molecule has 0 unspecified atom stereocenters. The zero-order valence-corrected chi connectivity index (χ0v) is 9.88. The van der Waals surface area contributed by atoms with E-state index in [9.17, 15) is 4.79 Å². The van der Waals surface area contributed by atoms with Crippen LogP contribution in [0.15, 0.2) is 4.52 Å².